The van der Waals surface area contributed by atoms with Crippen LogP contribution < -0.4 is 16.0 Å². The Kier molecular flexibility index (Phi) is 9.10. The topological polar surface area (TPSA) is 99.7 Å². The van der Waals surface area contributed by atoms with Crippen molar-refractivity contribution in [3.8, 4) is 0 Å². The third kappa shape index (κ3) is 9.75. The van der Waals surface area contributed by atoms with E-state index in [1.807, 2.05) is 6.92 Å². The van der Waals surface area contributed by atoms with Gasteiger partial charge in [0.1, 0.15) is 9.84 Å². The van der Waals surface area contributed by atoms with E-state index in [-0.39, 0.29) is 17.7 Å². The first-order chi connectivity index (χ1) is 11.3. The maximum Gasteiger partial charge on any atom is 0.220 e. The lowest BCUT2D eigenvalue weighted by molar-refractivity contribution is -0.121. The van der Waals surface area contributed by atoms with E-state index < -0.39 is 9.84 Å². The first-order valence-electron chi connectivity index (χ1n) is 8.71. The van der Waals surface area contributed by atoms with Crippen LogP contribution in [0.3, 0.4) is 0 Å². The average molecular weight is 361 g/mol. The molecule has 0 aliphatic heterocycles. The number of nitrogens with zero attached hydrogens (tertiary/aromatic N) is 1. The summed E-state index contributed by atoms with van der Waals surface area (Å²) in [5.41, 5.74) is 0. The highest BCUT2D eigenvalue weighted by atomic mass is 32.2. The van der Waals surface area contributed by atoms with Crippen LogP contribution in [-0.2, 0) is 14.6 Å². The molecule has 1 unspecified atom stereocenters. The summed E-state index contributed by atoms with van der Waals surface area (Å²) in [5.74, 6) is 1.44. The molecule has 3 N–H and O–H groups in total. The van der Waals surface area contributed by atoms with Crippen LogP contribution in [0, 0.1) is 5.92 Å². The molecule has 1 fully saturated rings. The molecule has 1 aliphatic carbocycles. The molecular formula is C16H32N4O3S. The van der Waals surface area contributed by atoms with E-state index in [4.69, 9.17) is 0 Å². The zero-order chi connectivity index (χ0) is 18.0. The number of guanidine groups is 1. The molecule has 24 heavy (non-hydrogen) atoms. The number of sulfone groups is 1. The number of carbonyl (C=O) groups is 1. The molecule has 1 atom stereocenters. The van der Waals surface area contributed by atoms with Gasteiger partial charge in [-0.2, -0.15) is 0 Å². The molecule has 8 heteroatoms. The lowest BCUT2D eigenvalue weighted by Gasteiger charge is -2.18. The van der Waals surface area contributed by atoms with Crippen molar-refractivity contribution in [2.45, 2.75) is 51.5 Å². The van der Waals surface area contributed by atoms with Gasteiger partial charge in [-0.1, -0.05) is 12.8 Å². The highest BCUT2D eigenvalue weighted by Gasteiger charge is 2.18. The molecule has 0 aromatic heterocycles. The van der Waals surface area contributed by atoms with Gasteiger partial charge in [0.15, 0.2) is 5.96 Å². The third-order valence-electron chi connectivity index (χ3n) is 4.22. The largest absolute Gasteiger partial charge is 0.355 e. The number of hydrogen-bond donors (Lipinski definition) is 3. The van der Waals surface area contributed by atoms with Gasteiger partial charge in [-0.05, 0) is 32.1 Å². The van der Waals surface area contributed by atoms with Crippen molar-refractivity contribution in [2.24, 2.45) is 10.9 Å². The molecule has 1 aliphatic rings. The number of rotatable bonds is 9. The fourth-order valence-electron chi connectivity index (χ4n) is 2.82. The maximum atomic E-state index is 11.8. The van der Waals surface area contributed by atoms with Crippen LogP contribution in [0.15, 0.2) is 4.99 Å². The normalized spacial score (nSPS) is 17.5. The second-order valence-electron chi connectivity index (χ2n) is 6.67. The second kappa shape index (κ2) is 10.5. The van der Waals surface area contributed by atoms with E-state index in [2.05, 4.69) is 20.9 Å². The maximum absolute atomic E-state index is 11.8. The zero-order valence-electron chi connectivity index (χ0n) is 15.1. The highest BCUT2D eigenvalue weighted by Crippen LogP contribution is 2.27. The molecule has 1 rings (SSSR count). The predicted molar refractivity (Wildman–Crippen MR) is 97.9 cm³/mol. The zero-order valence-corrected chi connectivity index (χ0v) is 15.9. The number of hydrogen-bond acceptors (Lipinski definition) is 4. The van der Waals surface area contributed by atoms with Crippen LogP contribution in [0.4, 0.5) is 0 Å². The van der Waals surface area contributed by atoms with Crippen molar-refractivity contribution in [3.05, 3.63) is 0 Å². The summed E-state index contributed by atoms with van der Waals surface area (Å²) in [6.45, 7) is 3.04. The summed E-state index contributed by atoms with van der Waals surface area (Å²) in [6, 6.07) is 0.00267. The van der Waals surface area contributed by atoms with E-state index in [0.717, 1.165) is 0 Å². The van der Waals surface area contributed by atoms with Crippen molar-refractivity contribution < 1.29 is 13.2 Å². The third-order valence-corrected chi connectivity index (χ3v) is 5.19. The van der Waals surface area contributed by atoms with Gasteiger partial charge in [-0.3, -0.25) is 9.79 Å². The summed E-state index contributed by atoms with van der Waals surface area (Å²) in [6.07, 6.45) is 7.24. The summed E-state index contributed by atoms with van der Waals surface area (Å²) < 4.78 is 22.4. The van der Waals surface area contributed by atoms with Gasteiger partial charge >= 0.3 is 0 Å². The molecule has 7 nitrogen and oxygen atoms in total. The van der Waals surface area contributed by atoms with Crippen molar-refractivity contribution in [1.29, 1.82) is 0 Å². The number of aliphatic imine (C=N–C) groups is 1. The van der Waals surface area contributed by atoms with E-state index in [1.54, 1.807) is 7.05 Å². The molecule has 0 saturated heterocycles. The van der Waals surface area contributed by atoms with Crippen molar-refractivity contribution in [2.75, 3.05) is 32.1 Å². The minimum Gasteiger partial charge on any atom is -0.355 e. The molecular weight excluding hydrogens is 328 g/mol. The lowest BCUT2D eigenvalue weighted by Crippen LogP contribution is -2.45. The number of amides is 1. The second-order valence-corrected chi connectivity index (χ2v) is 8.93. The first kappa shape index (κ1) is 20.7. The molecule has 0 heterocycles. The van der Waals surface area contributed by atoms with Crippen LogP contribution in [0.25, 0.3) is 0 Å². The van der Waals surface area contributed by atoms with Crippen molar-refractivity contribution >= 4 is 21.7 Å². The monoisotopic (exact) mass is 360 g/mol. The van der Waals surface area contributed by atoms with Gasteiger partial charge in [0.05, 0.1) is 5.75 Å². The van der Waals surface area contributed by atoms with Crippen LogP contribution in [-0.4, -0.2) is 58.5 Å². The smallest absolute Gasteiger partial charge is 0.220 e. The summed E-state index contributed by atoms with van der Waals surface area (Å²) in [5, 5.41) is 9.19. The standard InChI is InChI=1S/C16H32N4O3S/c1-13(8-11-24(3,22)23)20-16(17-2)19-10-9-18-15(21)12-14-6-4-5-7-14/h13-14H,4-12H2,1-3H3,(H,18,21)(H2,17,19,20). The minimum absolute atomic E-state index is 0.00267. The van der Waals surface area contributed by atoms with Crippen LogP contribution in [0.1, 0.15) is 45.4 Å². The van der Waals surface area contributed by atoms with Gasteiger partial charge in [0.2, 0.25) is 5.91 Å². The van der Waals surface area contributed by atoms with Gasteiger partial charge in [-0.15, -0.1) is 0 Å². The molecule has 0 aromatic carbocycles. The number of carbonyl (C=O) groups excluding carboxylic acids is 1. The Bertz CT molecular complexity index is 513. The molecule has 1 amide bonds. The number of nitrogens with one attached hydrogen (secondary N) is 3. The molecule has 0 spiro atoms. The van der Waals surface area contributed by atoms with E-state index >= 15 is 0 Å². The molecule has 1 saturated carbocycles. The van der Waals surface area contributed by atoms with Crippen LogP contribution in [0.5, 0.6) is 0 Å². The Morgan fingerprint density at radius 1 is 1.21 bits per heavy atom. The lowest BCUT2D eigenvalue weighted by atomic mass is 10.0. The Labute approximate surface area is 146 Å². The Balaban J connectivity index is 2.15. The molecule has 140 valence electrons. The fourth-order valence-corrected chi connectivity index (χ4v) is 3.60. The summed E-state index contributed by atoms with van der Waals surface area (Å²) >= 11 is 0. The van der Waals surface area contributed by atoms with Gasteiger partial charge < -0.3 is 16.0 Å². The molecule has 0 bridgehead atoms. The molecule has 0 radical (unpaired) electrons. The molecule has 0 aromatic rings. The van der Waals surface area contributed by atoms with Crippen LogP contribution in [0.2, 0.25) is 0 Å². The minimum atomic E-state index is -2.95. The highest BCUT2D eigenvalue weighted by molar-refractivity contribution is 7.90. The summed E-state index contributed by atoms with van der Waals surface area (Å²) in [7, 11) is -1.29. The fraction of sp³-hybridized carbons (Fsp3) is 0.875. The first-order valence-corrected chi connectivity index (χ1v) is 10.8. The Morgan fingerprint density at radius 3 is 2.42 bits per heavy atom. The quantitative estimate of drug-likeness (QED) is 0.319. The predicted octanol–water partition coefficient (Wildman–Crippen LogP) is 0.671. The van der Waals surface area contributed by atoms with E-state index in [1.165, 1.54) is 31.9 Å². The van der Waals surface area contributed by atoms with Gasteiger partial charge in [-0.25, -0.2) is 8.42 Å². The van der Waals surface area contributed by atoms with E-state index in [9.17, 15) is 13.2 Å². The Morgan fingerprint density at radius 2 is 1.83 bits per heavy atom. The van der Waals surface area contributed by atoms with E-state index in [0.29, 0.717) is 37.8 Å². The SMILES string of the molecule is CN=C(NCCNC(=O)CC1CCCC1)NC(C)CCS(C)(=O)=O. The van der Waals surface area contributed by atoms with Gasteiger partial charge in [0, 0.05) is 38.9 Å². The van der Waals surface area contributed by atoms with Crippen LogP contribution >= 0.6 is 0 Å². The summed E-state index contributed by atoms with van der Waals surface area (Å²) in [4.78, 5) is 15.9. The average Bonchev–Trinajstić information content (AvgIpc) is 3.00. The van der Waals surface area contributed by atoms with Crippen molar-refractivity contribution in [3.63, 3.8) is 0 Å². The van der Waals surface area contributed by atoms with Gasteiger partial charge in [0.25, 0.3) is 0 Å². The van der Waals surface area contributed by atoms with Crippen molar-refractivity contribution in [1.82, 2.24) is 16.0 Å². The Hall–Kier alpha value is -1.31.